The van der Waals surface area contributed by atoms with Crippen LogP contribution in [0.3, 0.4) is 0 Å². The molecule has 0 atom stereocenters. The van der Waals surface area contributed by atoms with Crippen LogP contribution in [0.15, 0.2) is 42.5 Å². The summed E-state index contributed by atoms with van der Waals surface area (Å²) in [5.74, 6) is 0.184. The molecule has 0 aromatic heterocycles. The van der Waals surface area contributed by atoms with Gasteiger partial charge in [0.25, 0.3) is 0 Å². The van der Waals surface area contributed by atoms with Crippen LogP contribution in [-0.2, 0) is 17.6 Å². The molecule has 29 heavy (non-hydrogen) atoms. The number of carbonyl (C=O) groups excluding carboxylic acids is 1. The van der Waals surface area contributed by atoms with Gasteiger partial charge in [-0.1, -0.05) is 49.4 Å². The Morgan fingerprint density at radius 2 is 1.72 bits per heavy atom. The Kier molecular flexibility index (Phi) is 6.63. The maximum atomic E-state index is 12.2. The minimum absolute atomic E-state index is 0.184. The summed E-state index contributed by atoms with van der Waals surface area (Å²) in [7, 11) is 0. The van der Waals surface area contributed by atoms with Crippen molar-refractivity contribution in [3.8, 4) is 11.1 Å². The van der Waals surface area contributed by atoms with Crippen molar-refractivity contribution in [1.82, 2.24) is 15.1 Å². The molecule has 2 aliphatic rings. The van der Waals surface area contributed by atoms with E-state index in [0.717, 1.165) is 65.1 Å². The number of carbonyl (C=O) groups is 1. The molecule has 154 valence electrons. The average molecular weight is 392 g/mol. The minimum Gasteiger partial charge on any atom is -0.355 e. The Labute approximate surface area is 174 Å². The molecule has 0 spiro atoms. The number of piperazine rings is 1. The van der Waals surface area contributed by atoms with Gasteiger partial charge in [0.1, 0.15) is 0 Å². The molecule has 0 unspecified atom stereocenters. The van der Waals surface area contributed by atoms with Crippen LogP contribution in [0.4, 0.5) is 0 Å². The van der Waals surface area contributed by atoms with Crippen molar-refractivity contribution in [1.29, 1.82) is 0 Å². The highest BCUT2D eigenvalue weighted by Gasteiger charge is 2.18. The summed E-state index contributed by atoms with van der Waals surface area (Å²) in [6.07, 6.45) is 3.52. The van der Waals surface area contributed by atoms with Gasteiger partial charge in [-0.05, 0) is 53.6 Å². The van der Waals surface area contributed by atoms with Gasteiger partial charge in [-0.15, -0.1) is 0 Å². The predicted molar refractivity (Wildman–Crippen MR) is 119 cm³/mol. The predicted octanol–water partition coefficient (Wildman–Crippen LogP) is 3.33. The molecule has 1 N–H and O–H groups in total. The first kappa shape index (κ1) is 20.1. The van der Waals surface area contributed by atoms with E-state index in [0.29, 0.717) is 6.42 Å². The second-order valence-electron chi connectivity index (χ2n) is 8.30. The van der Waals surface area contributed by atoms with Crippen LogP contribution < -0.4 is 5.32 Å². The molecule has 1 fully saturated rings. The number of rotatable bonds is 8. The van der Waals surface area contributed by atoms with Gasteiger partial charge in [0.15, 0.2) is 0 Å². The molecule has 1 aliphatic carbocycles. The molecule has 0 radical (unpaired) electrons. The Morgan fingerprint density at radius 3 is 2.55 bits per heavy atom. The zero-order valence-corrected chi connectivity index (χ0v) is 17.6. The lowest BCUT2D eigenvalue weighted by Gasteiger charge is -2.33. The fourth-order valence-corrected chi connectivity index (χ4v) is 4.55. The fourth-order valence-electron chi connectivity index (χ4n) is 4.55. The number of nitrogens with one attached hydrogen (secondary N) is 1. The highest BCUT2D eigenvalue weighted by Crippen LogP contribution is 2.36. The molecule has 2 aromatic rings. The highest BCUT2D eigenvalue weighted by molar-refractivity contribution is 5.77. The summed E-state index contributed by atoms with van der Waals surface area (Å²) in [6.45, 7) is 9.62. The van der Waals surface area contributed by atoms with Crippen LogP contribution in [0.1, 0.15) is 36.5 Å². The second kappa shape index (κ2) is 9.55. The van der Waals surface area contributed by atoms with E-state index < -0.39 is 0 Å². The third-order valence-corrected chi connectivity index (χ3v) is 6.39. The van der Waals surface area contributed by atoms with Crippen molar-refractivity contribution in [2.45, 2.75) is 32.6 Å². The lowest BCUT2D eigenvalue weighted by molar-refractivity contribution is -0.121. The normalized spacial score (nSPS) is 16.4. The topological polar surface area (TPSA) is 35.6 Å². The Bertz CT molecular complexity index is 840. The standard InChI is InChI=1S/C25H33N3O/c1-2-27-14-16-28(17-15-27)13-12-26-25(29)9-5-6-20-10-11-22-19-21-7-3-4-8-23(21)24(22)18-20/h3-4,7-8,10-11,18H,2,5-6,9,12-17,19H2,1H3,(H,26,29). The SMILES string of the molecule is CCN1CCN(CCNC(=O)CCCc2ccc3c(c2)-c2ccccc2C3)CC1. The van der Waals surface area contributed by atoms with Crippen LogP contribution in [0.25, 0.3) is 11.1 Å². The van der Waals surface area contributed by atoms with E-state index in [4.69, 9.17) is 0 Å². The van der Waals surface area contributed by atoms with Crippen LogP contribution in [-0.4, -0.2) is 61.5 Å². The van der Waals surface area contributed by atoms with Crippen LogP contribution in [0, 0.1) is 0 Å². The second-order valence-corrected chi connectivity index (χ2v) is 8.30. The van der Waals surface area contributed by atoms with Crippen molar-refractivity contribution in [3.63, 3.8) is 0 Å². The molecule has 4 nitrogen and oxygen atoms in total. The van der Waals surface area contributed by atoms with Gasteiger partial charge < -0.3 is 10.2 Å². The van der Waals surface area contributed by atoms with Crippen LogP contribution >= 0.6 is 0 Å². The summed E-state index contributed by atoms with van der Waals surface area (Å²) >= 11 is 0. The number of likely N-dealkylation sites (N-methyl/N-ethyl adjacent to an activating group) is 1. The van der Waals surface area contributed by atoms with E-state index in [-0.39, 0.29) is 5.91 Å². The summed E-state index contributed by atoms with van der Waals surface area (Å²) in [6, 6.07) is 15.5. The van der Waals surface area contributed by atoms with E-state index in [9.17, 15) is 4.79 Å². The van der Waals surface area contributed by atoms with Gasteiger partial charge in [-0.25, -0.2) is 0 Å². The van der Waals surface area contributed by atoms with Crippen molar-refractivity contribution in [2.24, 2.45) is 0 Å². The molecule has 0 bridgehead atoms. The van der Waals surface area contributed by atoms with Gasteiger partial charge in [-0.3, -0.25) is 9.69 Å². The molecule has 4 rings (SSSR count). The molecular formula is C25H33N3O. The number of nitrogens with zero attached hydrogens (tertiary/aromatic N) is 2. The lowest BCUT2D eigenvalue weighted by atomic mass is 10.00. The minimum atomic E-state index is 0.184. The number of hydrogen-bond acceptors (Lipinski definition) is 3. The Morgan fingerprint density at radius 1 is 0.966 bits per heavy atom. The average Bonchev–Trinajstić information content (AvgIpc) is 3.12. The Balaban J connectivity index is 1.17. The number of benzene rings is 2. The first-order valence-corrected chi connectivity index (χ1v) is 11.1. The molecule has 0 saturated carbocycles. The maximum absolute atomic E-state index is 12.2. The lowest BCUT2D eigenvalue weighted by Crippen LogP contribution is -2.48. The van der Waals surface area contributed by atoms with Crippen molar-refractivity contribution in [3.05, 3.63) is 59.2 Å². The van der Waals surface area contributed by atoms with E-state index in [2.05, 4.69) is 64.5 Å². The molecule has 1 heterocycles. The zero-order valence-electron chi connectivity index (χ0n) is 17.6. The van der Waals surface area contributed by atoms with E-state index in [1.54, 1.807) is 0 Å². The van der Waals surface area contributed by atoms with Crippen LogP contribution in [0.2, 0.25) is 0 Å². The smallest absolute Gasteiger partial charge is 0.220 e. The summed E-state index contributed by atoms with van der Waals surface area (Å²) in [5.41, 5.74) is 6.94. The quantitative estimate of drug-likeness (QED) is 0.640. The van der Waals surface area contributed by atoms with E-state index >= 15 is 0 Å². The monoisotopic (exact) mass is 391 g/mol. The van der Waals surface area contributed by atoms with Gasteiger partial charge in [0.2, 0.25) is 5.91 Å². The summed E-state index contributed by atoms with van der Waals surface area (Å²) < 4.78 is 0. The first-order chi connectivity index (χ1) is 14.2. The van der Waals surface area contributed by atoms with E-state index in [1.165, 1.54) is 27.8 Å². The molecule has 1 saturated heterocycles. The summed E-state index contributed by atoms with van der Waals surface area (Å²) in [4.78, 5) is 17.1. The molecule has 1 amide bonds. The van der Waals surface area contributed by atoms with Crippen molar-refractivity contribution >= 4 is 5.91 Å². The zero-order chi connectivity index (χ0) is 20.1. The highest BCUT2D eigenvalue weighted by atomic mass is 16.1. The number of amides is 1. The van der Waals surface area contributed by atoms with Gasteiger partial charge in [-0.2, -0.15) is 0 Å². The largest absolute Gasteiger partial charge is 0.355 e. The van der Waals surface area contributed by atoms with Crippen molar-refractivity contribution < 1.29 is 4.79 Å². The van der Waals surface area contributed by atoms with E-state index in [1.807, 2.05) is 0 Å². The van der Waals surface area contributed by atoms with Gasteiger partial charge >= 0.3 is 0 Å². The third kappa shape index (κ3) is 5.06. The molecule has 1 aliphatic heterocycles. The first-order valence-electron chi connectivity index (χ1n) is 11.1. The molecule has 2 aromatic carbocycles. The Hall–Kier alpha value is -2.17. The summed E-state index contributed by atoms with van der Waals surface area (Å²) in [5, 5.41) is 3.10. The van der Waals surface area contributed by atoms with Gasteiger partial charge in [0, 0.05) is 45.7 Å². The molecular weight excluding hydrogens is 358 g/mol. The van der Waals surface area contributed by atoms with Gasteiger partial charge in [0.05, 0.1) is 0 Å². The fraction of sp³-hybridized carbons (Fsp3) is 0.480. The maximum Gasteiger partial charge on any atom is 0.220 e. The number of aryl methyl sites for hydroxylation is 1. The third-order valence-electron chi connectivity index (χ3n) is 6.39. The van der Waals surface area contributed by atoms with Crippen LogP contribution in [0.5, 0.6) is 0 Å². The molecule has 4 heteroatoms. The number of hydrogen-bond donors (Lipinski definition) is 1. The van der Waals surface area contributed by atoms with Crippen molar-refractivity contribution in [2.75, 3.05) is 45.8 Å². The number of fused-ring (bicyclic) bond motifs is 3.